The van der Waals surface area contributed by atoms with Crippen molar-refractivity contribution in [3.63, 3.8) is 0 Å². The number of non-ortho nitro benzene ring substituents is 1. The van der Waals surface area contributed by atoms with E-state index in [1.165, 1.54) is 59.6 Å². The van der Waals surface area contributed by atoms with Gasteiger partial charge >= 0.3 is 11.9 Å². The highest BCUT2D eigenvalue weighted by Gasteiger charge is 2.61. The van der Waals surface area contributed by atoms with Crippen LogP contribution in [0.25, 0.3) is 0 Å². The van der Waals surface area contributed by atoms with Gasteiger partial charge in [0.05, 0.1) is 28.6 Å². The zero-order chi connectivity index (χ0) is 32.5. The van der Waals surface area contributed by atoms with Gasteiger partial charge in [-0.05, 0) is 46.2 Å². The summed E-state index contributed by atoms with van der Waals surface area (Å²) in [6, 6.07) is 23.0. The van der Waals surface area contributed by atoms with Crippen LogP contribution in [0.4, 0.5) is 5.69 Å². The molecule has 1 aromatic heterocycles. The van der Waals surface area contributed by atoms with Crippen LogP contribution in [0, 0.1) is 10.1 Å². The Kier molecular flexibility index (Phi) is 8.53. The highest BCUT2D eigenvalue weighted by Crippen LogP contribution is 2.53. The number of amides is 1. The van der Waals surface area contributed by atoms with E-state index in [1.807, 2.05) is 67.6 Å². The monoisotopic (exact) mass is 660 g/mol. The molecule has 2 fully saturated rings. The molecule has 13 nitrogen and oxygen atoms in total. The second-order valence-electron chi connectivity index (χ2n) is 10.9. The number of nitro benzene ring substituents is 1. The van der Waals surface area contributed by atoms with Crippen molar-refractivity contribution < 1.29 is 28.8 Å². The molecule has 0 aliphatic carbocycles. The van der Waals surface area contributed by atoms with Gasteiger partial charge in [0.25, 0.3) is 5.69 Å². The molecule has 1 amide bonds. The molecule has 0 N–H and O–H groups in total. The van der Waals surface area contributed by atoms with Crippen LogP contribution < -0.4 is 0 Å². The number of methoxy groups -OCH3 is 1. The molecule has 4 aromatic rings. The Morgan fingerprint density at radius 1 is 1.07 bits per heavy atom. The molecule has 46 heavy (non-hydrogen) atoms. The molecular formula is C31H28N6O7S2. The van der Waals surface area contributed by atoms with Gasteiger partial charge in [-0.3, -0.25) is 14.9 Å². The summed E-state index contributed by atoms with van der Waals surface area (Å²) >= 11 is 2.76. The standard InChI is InChI=1S/C31H28N6O7S2/c1-30(26(35-24(38)17-25(35)46-30)27(39)44-18-20-13-15-23(16-14-20)37(41)42)19-45-29-32-33-34-36(29)31(28(40)43-2,21-9-5-3-6-10-21)22-11-7-4-8-12-22/h3-16,25-26H,17-19H2,1-2H3/t25-,26-,30-/m0/s1. The third kappa shape index (κ3) is 5.38. The number of nitro groups is 1. The lowest BCUT2D eigenvalue weighted by Gasteiger charge is -2.37. The number of β-lactam (4-membered cyclic amide) rings is 1. The summed E-state index contributed by atoms with van der Waals surface area (Å²) in [5, 5.41) is 23.6. The minimum atomic E-state index is -1.56. The second kappa shape index (κ2) is 12.6. The molecule has 236 valence electrons. The van der Waals surface area contributed by atoms with Gasteiger partial charge in [-0.1, -0.05) is 72.4 Å². The Bertz CT molecular complexity index is 1730. The summed E-state index contributed by atoms with van der Waals surface area (Å²) in [5.41, 5.74) is 0.123. The number of hydrogen-bond donors (Lipinski definition) is 0. The van der Waals surface area contributed by atoms with E-state index in [9.17, 15) is 24.5 Å². The number of aromatic nitrogens is 4. The number of rotatable bonds is 11. The van der Waals surface area contributed by atoms with Crippen molar-refractivity contribution in [2.24, 2.45) is 0 Å². The lowest BCUT2D eigenvalue weighted by molar-refractivity contribution is -0.384. The van der Waals surface area contributed by atoms with E-state index in [0.29, 0.717) is 28.3 Å². The molecule has 2 aliphatic heterocycles. The number of nitrogens with zero attached hydrogens (tertiary/aromatic N) is 6. The van der Waals surface area contributed by atoms with Crippen LogP contribution in [0.15, 0.2) is 90.1 Å². The van der Waals surface area contributed by atoms with Gasteiger partial charge in [0.1, 0.15) is 12.6 Å². The SMILES string of the molecule is COC(=O)C(c1ccccc1)(c1ccccc1)n1nnnc1SC[C@]1(C)S[C@H]2CC(=O)N2[C@H]1C(=O)OCc1ccc([N+](=O)[O-])cc1. The summed E-state index contributed by atoms with van der Waals surface area (Å²) in [5.74, 6) is -1.04. The molecule has 0 unspecified atom stereocenters. The highest BCUT2D eigenvalue weighted by molar-refractivity contribution is 8.04. The summed E-state index contributed by atoms with van der Waals surface area (Å²) in [7, 11) is 1.31. The first-order valence-electron chi connectivity index (χ1n) is 14.2. The fraction of sp³-hybridized carbons (Fsp3) is 0.290. The number of carbonyl (C=O) groups is 3. The molecule has 6 rings (SSSR count). The molecule has 0 saturated carbocycles. The number of esters is 2. The topological polar surface area (TPSA) is 160 Å². The number of ether oxygens (including phenoxy) is 2. The Morgan fingerprint density at radius 2 is 1.70 bits per heavy atom. The molecule has 3 atom stereocenters. The minimum absolute atomic E-state index is 0.0704. The lowest BCUT2D eigenvalue weighted by Crippen LogP contribution is -2.58. The normalized spacial score (nSPS) is 20.5. The fourth-order valence-corrected chi connectivity index (χ4v) is 8.78. The Balaban J connectivity index is 1.29. The van der Waals surface area contributed by atoms with E-state index in [4.69, 9.17) is 9.47 Å². The van der Waals surface area contributed by atoms with Gasteiger partial charge < -0.3 is 14.4 Å². The van der Waals surface area contributed by atoms with Gasteiger partial charge in [0.2, 0.25) is 16.6 Å². The maximum Gasteiger partial charge on any atom is 0.343 e. The number of carbonyl (C=O) groups excluding carboxylic acids is 3. The maximum absolute atomic E-state index is 13.8. The molecule has 2 saturated heterocycles. The third-order valence-corrected chi connectivity index (χ3v) is 11.1. The minimum Gasteiger partial charge on any atom is -0.467 e. The van der Waals surface area contributed by atoms with Gasteiger partial charge in [0.15, 0.2) is 0 Å². The average Bonchev–Trinajstić information content (AvgIpc) is 3.64. The second-order valence-corrected chi connectivity index (χ2v) is 13.6. The van der Waals surface area contributed by atoms with E-state index in [0.717, 1.165) is 0 Å². The van der Waals surface area contributed by atoms with Crippen LogP contribution in [0.1, 0.15) is 30.0 Å². The van der Waals surface area contributed by atoms with E-state index in [1.54, 1.807) is 4.90 Å². The van der Waals surface area contributed by atoms with E-state index < -0.39 is 33.2 Å². The van der Waals surface area contributed by atoms with Gasteiger partial charge in [0, 0.05) is 17.9 Å². The Morgan fingerprint density at radius 3 is 2.26 bits per heavy atom. The quantitative estimate of drug-likeness (QED) is 0.0754. The zero-order valence-electron chi connectivity index (χ0n) is 24.7. The summed E-state index contributed by atoms with van der Waals surface area (Å²) in [6.07, 6.45) is 0.308. The molecule has 0 bridgehead atoms. The molecule has 15 heteroatoms. The van der Waals surface area contributed by atoms with Gasteiger partial charge in [-0.15, -0.1) is 16.9 Å². The Hall–Kier alpha value is -4.76. The van der Waals surface area contributed by atoms with Crippen molar-refractivity contribution in [3.05, 3.63) is 112 Å². The molecule has 0 spiro atoms. The van der Waals surface area contributed by atoms with Crippen molar-refractivity contribution in [1.29, 1.82) is 0 Å². The van der Waals surface area contributed by atoms with Crippen molar-refractivity contribution >= 4 is 47.1 Å². The number of fused-ring (bicyclic) bond motifs is 1. The number of tetrazole rings is 1. The number of benzene rings is 3. The van der Waals surface area contributed by atoms with Crippen molar-refractivity contribution in [1.82, 2.24) is 25.1 Å². The smallest absolute Gasteiger partial charge is 0.343 e. The van der Waals surface area contributed by atoms with E-state index >= 15 is 0 Å². The van der Waals surface area contributed by atoms with Crippen LogP contribution >= 0.6 is 23.5 Å². The van der Waals surface area contributed by atoms with Gasteiger partial charge in [-0.2, -0.15) is 4.68 Å². The van der Waals surface area contributed by atoms with Crippen LogP contribution in [0.3, 0.4) is 0 Å². The molecule has 2 aliphatic rings. The van der Waals surface area contributed by atoms with Crippen LogP contribution in [0.2, 0.25) is 0 Å². The average molecular weight is 661 g/mol. The van der Waals surface area contributed by atoms with Gasteiger partial charge in [-0.25, -0.2) is 9.59 Å². The van der Waals surface area contributed by atoms with Crippen LogP contribution in [-0.4, -0.2) is 76.9 Å². The molecule has 3 heterocycles. The van der Waals surface area contributed by atoms with Crippen molar-refractivity contribution in [2.45, 2.75) is 46.8 Å². The predicted octanol–water partition coefficient (Wildman–Crippen LogP) is 3.81. The first kappa shape index (κ1) is 31.2. The maximum atomic E-state index is 13.8. The van der Waals surface area contributed by atoms with E-state index in [2.05, 4.69) is 15.5 Å². The largest absolute Gasteiger partial charge is 0.467 e. The van der Waals surface area contributed by atoms with Crippen molar-refractivity contribution in [2.75, 3.05) is 12.9 Å². The van der Waals surface area contributed by atoms with E-state index in [-0.39, 0.29) is 29.3 Å². The molecule has 0 radical (unpaired) electrons. The summed E-state index contributed by atoms with van der Waals surface area (Å²) in [6.45, 7) is 1.78. The fourth-order valence-electron chi connectivity index (χ4n) is 5.83. The Labute approximate surface area is 271 Å². The predicted molar refractivity (Wildman–Crippen MR) is 168 cm³/mol. The lowest BCUT2D eigenvalue weighted by atomic mass is 9.83. The number of hydrogen-bond acceptors (Lipinski definition) is 12. The van der Waals surface area contributed by atoms with Crippen LogP contribution in [0.5, 0.6) is 0 Å². The third-order valence-electron chi connectivity index (χ3n) is 8.07. The summed E-state index contributed by atoms with van der Waals surface area (Å²) in [4.78, 5) is 52.1. The highest BCUT2D eigenvalue weighted by atomic mass is 32.2. The zero-order valence-corrected chi connectivity index (χ0v) is 26.3. The first-order valence-corrected chi connectivity index (χ1v) is 16.1. The van der Waals surface area contributed by atoms with Crippen LogP contribution in [-0.2, 0) is 36.0 Å². The first-order chi connectivity index (χ1) is 22.2. The molecular weight excluding hydrogens is 633 g/mol. The number of thioether (sulfide) groups is 2. The molecule has 3 aromatic carbocycles. The van der Waals surface area contributed by atoms with Crippen molar-refractivity contribution in [3.8, 4) is 0 Å². The summed E-state index contributed by atoms with van der Waals surface area (Å²) < 4.78 is 11.7.